The van der Waals surface area contributed by atoms with E-state index in [-0.39, 0.29) is 11.6 Å². The number of halogens is 1. The van der Waals surface area contributed by atoms with Crippen LogP contribution in [0, 0.1) is 11.7 Å². The number of methoxy groups -OCH3 is 2. The van der Waals surface area contributed by atoms with E-state index in [1.54, 1.807) is 20.3 Å². The molecule has 2 heterocycles. The number of benzene rings is 2. The normalized spacial score (nSPS) is 19.8. The largest absolute Gasteiger partial charge is 0.493 e. The maximum absolute atomic E-state index is 13.4. The number of fused-ring (bicyclic) bond motifs is 2. The van der Waals surface area contributed by atoms with Crippen LogP contribution in [0.2, 0.25) is 0 Å². The zero-order chi connectivity index (χ0) is 22.2. The van der Waals surface area contributed by atoms with Gasteiger partial charge in [0.05, 0.1) is 19.9 Å². The topological polar surface area (TPSA) is 64.8 Å². The Labute approximate surface area is 186 Å². The van der Waals surface area contributed by atoms with Gasteiger partial charge in [-0.05, 0) is 68.1 Å². The van der Waals surface area contributed by atoms with Crippen molar-refractivity contribution in [3.05, 3.63) is 53.0 Å². The number of ether oxygens (including phenoxy) is 2. The van der Waals surface area contributed by atoms with Crippen molar-refractivity contribution in [3.63, 3.8) is 0 Å². The highest BCUT2D eigenvalue weighted by molar-refractivity contribution is 5.99. The van der Waals surface area contributed by atoms with Crippen molar-refractivity contribution in [3.8, 4) is 11.5 Å². The van der Waals surface area contributed by atoms with Crippen molar-refractivity contribution in [1.29, 1.82) is 0 Å². The van der Waals surface area contributed by atoms with Crippen LogP contribution in [0.15, 0.2) is 34.9 Å². The maximum Gasteiger partial charge on any atom is 0.170 e. The fourth-order valence-corrected chi connectivity index (χ4v) is 5.21. The highest BCUT2D eigenvalue weighted by Crippen LogP contribution is 2.37. The second kappa shape index (κ2) is 8.54. The van der Waals surface area contributed by atoms with Crippen molar-refractivity contribution in [2.24, 2.45) is 5.92 Å². The van der Waals surface area contributed by atoms with Gasteiger partial charge in [-0.2, -0.15) is 0 Å². The van der Waals surface area contributed by atoms with E-state index in [1.165, 1.54) is 12.1 Å². The molecule has 168 valence electrons. The number of rotatable bonds is 5. The molecule has 1 aromatic heterocycles. The van der Waals surface area contributed by atoms with Gasteiger partial charge in [-0.15, -0.1) is 0 Å². The molecule has 7 heteroatoms. The van der Waals surface area contributed by atoms with E-state index in [2.05, 4.69) is 10.1 Å². The first-order chi connectivity index (χ1) is 15.6. The summed E-state index contributed by atoms with van der Waals surface area (Å²) in [6.07, 6.45) is 3.37. The summed E-state index contributed by atoms with van der Waals surface area (Å²) >= 11 is 0. The zero-order valence-electron chi connectivity index (χ0n) is 18.4. The SMILES string of the molecule is COc1cc2c(cc1OC)C(=O)C[C@H](CN1CCC(c3noc4cc(F)ccc34)CC1)C2. The smallest absolute Gasteiger partial charge is 0.170 e. The van der Waals surface area contributed by atoms with E-state index >= 15 is 0 Å². The lowest BCUT2D eigenvalue weighted by atomic mass is 9.82. The van der Waals surface area contributed by atoms with Crippen molar-refractivity contribution < 1.29 is 23.2 Å². The van der Waals surface area contributed by atoms with Crippen LogP contribution in [0.3, 0.4) is 0 Å². The van der Waals surface area contributed by atoms with E-state index in [0.717, 1.165) is 61.1 Å². The van der Waals surface area contributed by atoms with Crippen LogP contribution in [-0.4, -0.2) is 49.7 Å². The monoisotopic (exact) mass is 438 g/mol. The number of hydrogen-bond acceptors (Lipinski definition) is 6. The van der Waals surface area contributed by atoms with Crippen molar-refractivity contribution in [1.82, 2.24) is 10.1 Å². The van der Waals surface area contributed by atoms with Gasteiger partial charge in [0, 0.05) is 35.9 Å². The van der Waals surface area contributed by atoms with Gasteiger partial charge < -0.3 is 18.9 Å². The van der Waals surface area contributed by atoms with Crippen molar-refractivity contribution in [2.75, 3.05) is 33.9 Å². The summed E-state index contributed by atoms with van der Waals surface area (Å²) in [7, 11) is 3.20. The quantitative estimate of drug-likeness (QED) is 0.580. The average molecular weight is 438 g/mol. The average Bonchev–Trinajstić information content (AvgIpc) is 3.21. The molecule has 1 atom stereocenters. The molecule has 0 radical (unpaired) electrons. The Morgan fingerprint density at radius 1 is 1.09 bits per heavy atom. The molecule has 6 nitrogen and oxygen atoms in total. The van der Waals surface area contributed by atoms with Gasteiger partial charge in [-0.1, -0.05) is 5.16 Å². The molecule has 3 aromatic rings. The van der Waals surface area contributed by atoms with Gasteiger partial charge in [0.1, 0.15) is 5.82 Å². The molecule has 0 unspecified atom stereocenters. The van der Waals surface area contributed by atoms with Crippen molar-refractivity contribution in [2.45, 2.75) is 31.6 Å². The zero-order valence-corrected chi connectivity index (χ0v) is 18.4. The Morgan fingerprint density at radius 3 is 2.59 bits per heavy atom. The van der Waals surface area contributed by atoms with Crippen LogP contribution < -0.4 is 9.47 Å². The Morgan fingerprint density at radius 2 is 1.84 bits per heavy atom. The molecule has 0 amide bonds. The fourth-order valence-electron chi connectivity index (χ4n) is 5.21. The second-order valence-electron chi connectivity index (χ2n) is 8.84. The van der Waals surface area contributed by atoms with Gasteiger partial charge in [-0.25, -0.2) is 4.39 Å². The number of piperidine rings is 1. The van der Waals surface area contributed by atoms with Crippen LogP contribution in [0.25, 0.3) is 11.0 Å². The highest BCUT2D eigenvalue weighted by Gasteiger charge is 2.31. The van der Waals surface area contributed by atoms with Crippen LogP contribution in [-0.2, 0) is 6.42 Å². The minimum Gasteiger partial charge on any atom is -0.493 e. The lowest BCUT2D eigenvalue weighted by Crippen LogP contribution is -2.38. The first-order valence-electron chi connectivity index (χ1n) is 11.1. The highest BCUT2D eigenvalue weighted by atomic mass is 19.1. The molecule has 1 aliphatic heterocycles. The summed E-state index contributed by atoms with van der Waals surface area (Å²) in [4.78, 5) is 15.2. The number of carbonyl (C=O) groups is 1. The van der Waals surface area contributed by atoms with E-state index in [0.29, 0.717) is 35.3 Å². The van der Waals surface area contributed by atoms with Crippen LogP contribution in [0.1, 0.15) is 46.8 Å². The number of likely N-dealkylation sites (tertiary alicyclic amines) is 1. The van der Waals surface area contributed by atoms with E-state index in [1.807, 2.05) is 12.1 Å². The number of aromatic nitrogens is 1. The third-order valence-corrected chi connectivity index (χ3v) is 6.85. The first-order valence-corrected chi connectivity index (χ1v) is 11.1. The summed E-state index contributed by atoms with van der Waals surface area (Å²) in [6.45, 7) is 2.80. The molecule has 2 aromatic carbocycles. The summed E-state index contributed by atoms with van der Waals surface area (Å²) in [5.74, 6) is 1.73. The molecular formula is C25H27FN2O4. The van der Waals surface area contributed by atoms with Gasteiger partial charge in [0.2, 0.25) is 0 Å². The molecule has 1 aliphatic carbocycles. The van der Waals surface area contributed by atoms with Crippen LogP contribution in [0.4, 0.5) is 4.39 Å². The second-order valence-corrected chi connectivity index (χ2v) is 8.84. The Balaban J connectivity index is 1.23. The summed E-state index contributed by atoms with van der Waals surface area (Å²) < 4.78 is 29.6. The molecule has 0 bridgehead atoms. The predicted octanol–water partition coefficient (Wildman–Crippen LogP) is 4.61. The number of carbonyl (C=O) groups excluding carboxylic acids is 1. The van der Waals surface area contributed by atoms with E-state index < -0.39 is 0 Å². The fraction of sp³-hybridized carbons (Fsp3) is 0.440. The minimum absolute atomic E-state index is 0.174. The Hall–Kier alpha value is -2.93. The summed E-state index contributed by atoms with van der Waals surface area (Å²) in [5.41, 5.74) is 3.24. The van der Waals surface area contributed by atoms with Gasteiger partial charge >= 0.3 is 0 Å². The molecule has 2 aliphatic rings. The number of nitrogens with zero attached hydrogens (tertiary/aromatic N) is 2. The van der Waals surface area contributed by atoms with Crippen molar-refractivity contribution >= 4 is 16.8 Å². The van der Waals surface area contributed by atoms with Crippen LogP contribution >= 0.6 is 0 Å². The lowest BCUT2D eigenvalue weighted by molar-refractivity contribution is 0.0920. The van der Waals surface area contributed by atoms with Crippen LogP contribution in [0.5, 0.6) is 11.5 Å². The maximum atomic E-state index is 13.4. The number of ketones is 1. The molecule has 0 N–H and O–H groups in total. The number of hydrogen-bond donors (Lipinski definition) is 0. The number of Topliss-reactive ketones (excluding diaryl/α,β-unsaturated/α-hetero) is 1. The third-order valence-electron chi connectivity index (χ3n) is 6.85. The van der Waals surface area contributed by atoms with Gasteiger partial charge in [0.15, 0.2) is 22.9 Å². The van der Waals surface area contributed by atoms with Gasteiger partial charge in [-0.3, -0.25) is 4.79 Å². The molecule has 1 saturated heterocycles. The third kappa shape index (κ3) is 3.86. The minimum atomic E-state index is -0.310. The molecule has 5 rings (SSSR count). The Kier molecular flexibility index (Phi) is 5.59. The van der Waals surface area contributed by atoms with Gasteiger partial charge in [0.25, 0.3) is 0 Å². The molecule has 1 fully saturated rings. The molecular weight excluding hydrogens is 411 g/mol. The molecule has 0 spiro atoms. The lowest BCUT2D eigenvalue weighted by Gasteiger charge is -2.35. The summed E-state index contributed by atoms with van der Waals surface area (Å²) in [6, 6.07) is 8.37. The molecule has 0 saturated carbocycles. The first kappa shape index (κ1) is 20.9. The van der Waals surface area contributed by atoms with E-state index in [4.69, 9.17) is 14.0 Å². The van der Waals surface area contributed by atoms with E-state index in [9.17, 15) is 9.18 Å². The summed E-state index contributed by atoms with van der Waals surface area (Å²) in [5, 5.41) is 5.15. The standard InChI is InChI=1S/C25H27FN2O4/c1-30-23-11-17-9-15(10-21(29)20(17)13-24(23)31-2)14-28-7-5-16(6-8-28)25-19-4-3-18(26)12-22(19)32-27-25/h3-4,11-13,15-16H,5-10,14H2,1-2H3/t15-/m1/s1. The predicted molar refractivity (Wildman–Crippen MR) is 118 cm³/mol. The molecule has 32 heavy (non-hydrogen) atoms. The Bertz CT molecular complexity index is 1150.